The van der Waals surface area contributed by atoms with Gasteiger partial charge >= 0.3 is 0 Å². The molecule has 1 saturated heterocycles. The van der Waals surface area contributed by atoms with Gasteiger partial charge in [-0.1, -0.05) is 0 Å². The summed E-state index contributed by atoms with van der Waals surface area (Å²) in [5.74, 6) is -0.214. The summed E-state index contributed by atoms with van der Waals surface area (Å²) >= 11 is 1.41. The molecular formula is C9H13NO3S. The number of imide groups is 1. The van der Waals surface area contributed by atoms with Gasteiger partial charge < -0.3 is 4.79 Å². The van der Waals surface area contributed by atoms with Crippen LogP contribution in [0.4, 0.5) is 0 Å². The van der Waals surface area contributed by atoms with Crippen LogP contribution in [-0.2, 0) is 14.4 Å². The summed E-state index contributed by atoms with van der Waals surface area (Å²) in [5.41, 5.74) is 0. The van der Waals surface area contributed by atoms with Crippen molar-refractivity contribution in [3.8, 4) is 0 Å². The molecule has 1 heterocycles. The largest absolute Gasteiger partial charge is 0.303 e. The molecule has 1 fully saturated rings. The van der Waals surface area contributed by atoms with Gasteiger partial charge in [-0.15, -0.1) is 0 Å². The Morgan fingerprint density at radius 3 is 2.79 bits per heavy atom. The quantitative estimate of drug-likeness (QED) is 0.380. The van der Waals surface area contributed by atoms with Crippen LogP contribution >= 0.6 is 11.8 Å². The molecule has 0 radical (unpaired) electrons. The van der Waals surface area contributed by atoms with Gasteiger partial charge in [0.25, 0.3) is 0 Å². The standard InChI is InChI=1S/C9H13NO3S/c1-14-7-6-8(12)10(9(7)13)4-2-3-5-11/h5,7H,2-4,6H2,1H3. The smallest absolute Gasteiger partial charge is 0.242 e. The summed E-state index contributed by atoms with van der Waals surface area (Å²) in [6.07, 6.45) is 3.91. The van der Waals surface area contributed by atoms with E-state index in [1.807, 2.05) is 6.26 Å². The van der Waals surface area contributed by atoms with E-state index in [-0.39, 0.29) is 17.1 Å². The van der Waals surface area contributed by atoms with Gasteiger partial charge in [-0.2, -0.15) is 11.8 Å². The highest BCUT2D eigenvalue weighted by Crippen LogP contribution is 2.23. The van der Waals surface area contributed by atoms with Crippen molar-refractivity contribution in [3.05, 3.63) is 0 Å². The maximum Gasteiger partial charge on any atom is 0.242 e. The number of unbranched alkanes of at least 4 members (excludes halogenated alkanes) is 1. The van der Waals surface area contributed by atoms with Crippen LogP contribution in [0.5, 0.6) is 0 Å². The van der Waals surface area contributed by atoms with E-state index in [1.165, 1.54) is 16.7 Å². The number of carbonyl (C=O) groups is 3. The molecule has 14 heavy (non-hydrogen) atoms. The Labute approximate surface area is 87.0 Å². The number of hydrogen-bond acceptors (Lipinski definition) is 4. The predicted octanol–water partition coefficient (Wildman–Crippen LogP) is 0.456. The Hall–Kier alpha value is -0.840. The van der Waals surface area contributed by atoms with Gasteiger partial charge in [0.15, 0.2) is 0 Å². The van der Waals surface area contributed by atoms with Crippen molar-refractivity contribution >= 4 is 29.9 Å². The lowest BCUT2D eigenvalue weighted by Crippen LogP contribution is -2.32. The molecule has 0 aromatic heterocycles. The van der Waals surface area contributed by atoms with Crippen molar-refractivity contribution < 1.29 is 14.4 Å². The Bertz CT molecular complexity index is 254. The van der Waals surface area contributed by atoms with Crippen molar-refractivity contribution in [2.24, 2.45) is 0 Å². The van der Waals surface area contributed by atoms with Crippen molar-refractivity contribution in [3.63, 3.8) is 0 Å². The number of likely N-dealkylation sites (tertiary alicyclic amines) is 1. The third-order valence-corrected chi connectivity index (χ3v) is 3.13. The Balaban J connectivity index is 2.48. The molecule has 5 heteroatoms. The second kappa shape index (κ2) is 5.14. The second-order valence-corrected chi connectivity index (χ2v) is 4.16. The molecule has 78 valence electrons. The third-order valence-electron chi connectivity index (χ3n) is 2.19. The average molecular weight is 215 g/mol. The van der Waals surface area contributed by atoms with Gasteiger partial charge in [0.1, 0.15) is 6.29 Å². The maximum atomic E-state index is 11.5. The topological polar surface area (TPSA) is 54.5 Å². The van der Waals surface area contributed by atoms with Crippen molar-refractivity contribution in [2.45, 2.75) is 24.5 Å². The lowest BCUT2D eigenvalue weighted by atomic mass is 10.3. The Morgan fingerprint density at radius 2 is 2.29 bits per heavy atom. The molecule has 0 saturated carbocycles. The first-order chi connectivity index (χ1) is 6.70. The highest BCUT2D eigenvalue weighted by atomic mass is 32.2. The summed E-state index contributed by atoms with van der Waals surface area (Å²) in [6.45, 7) is 0.382. The summed E-state index contributed by atoms with van der Waals surface area (Å²) in [6, 6.07) is 0. The van der Waals surface area contributed by atoms with E-state index in [9.17, 15) is 14.4 Å². The SMILES string of the molecule is CSC1CC(=O)N(CCCC=O)C1=O. The number of aldehydes is 1. The second-order valence-electron chi connectivity index (χ2n) is 3.12. The van der Waals surface area contributed by atoms with Crippen molar-refractivity contribution in [1.82, 2.24) is 4.90 Å². The van der Waals surface area contributed by atoms with E-state index < -0.39 is 0 Å². The molecule has 1 atom stereocenters. The van der Waals surface area contributed by atoms with Crippen LogP contribution in [0.2, 0.25) is 0 Å². The maximum absolute atomic E-state index is 11.5. The van der Waals surface area contributed by atoms with Crippen LogP contribution in [0.1, 0.15) is 19.3 Å². The minimum absolute atomic E-state index is 0.103. The first-order valence-electron chi connectivity index (χ1n) is 4.51. The average Bonchev–Trinajstić information content (AvgIpc) is 2.45. The number of carbonyl (C=O) groups excluding carboxylic acids is 3. The summed E-state index contributed by atoms with van der Waals surface area (Å²) in [5, 5.41) is -0.210. The molecule has 0 aromatic rings. The fourth-order valence-corrected chi connectivity index (χ4v) is 2.04. The van der Waals surface area contributed by atoms with Crippen molar-refractivity contribution in [2.75, 3.05) is 12.8 Å². The first kappa shape index (κ1) is 11.2. The van der Waals surface area contributed by atoms with Crippen LogP contribution in [0.15, 0.2) is 0 Å². The molecule has 0 bridgehead atoms. The highest BCUT2D eigenvalue weighted by Gasteiger charge is 2.37. The van der Waals surface area contributed by atoms with Crippen LogP contribution in [0, 0.1) is 0 Å². The molecule has 4 nitrogen and oxygen atoms in total. The molecule has 1 aliphatic rings. The normalized spacial score (nSPS) is 21.8. The fraction of sp³-hybridized carbons (Fsp3) is 0.667. The monoisotopic (exact) mass is 215 g/mol. The number of amides is 2. The molecule has 0 spiro atoms. The zero-order chi connectivity index (χ0) is 10.6. The van der Waals surface area contributed by atoms with Crippen LogP contribution in [0.25, 0.3) is 0 Å². The van der Waals surface area contributed by atoms with E-state index in [1.54, 1.807) is 0 Å². The van der Waals surface area contributed by atoms with Crippen molar-refractivity contribution in [1.29, 1.82) is 0 Å². The van der Waals surface area contributed by atoms with Crippen LogP contribution in [0.3, 0.4) is 0 Å². The lowest BCUT2D eigenvalue weighted by molar-refractivity contribution is -0.138. The summed E-state index contributed by atoms with van der Waals surface area (Å²) in [7, 11) is 0. The third kappa shape index (κ3) is 2.35. The number of rotatable bonds is 5. The van der Waals surface area contributed by atoms with E-state index in [2.05, 4.69) is 0 Å². The molecule has 1 rings (SSSR count). The number of nitrogens with zero attached hydrogens (tertiary/aromatic N) is 1. The molecule has 2 amide bonds. The zero-order valence-electron chi connectivity index (χ0n) is 8.06. The molecular weight excluding hydrogens is 202 g/mol. The fourth-order valence-electron chi connectivity index (χ4n) is 1.40. The van der Waals surface area contributed by atoms with E-state index in [4.69, 9.17) is 0 Å². The Kier molecular flexibility index (Phi) is 4.13. The Morgan fingerprint density at radius 1 is 1.57 bits per heavy atom. The molecule has 1 aliphatic heterocycles. The molecule has 0 aliphatic carbocycles. The molecule has 1 unspecified atom stereocenters. The van der Waals surface area contributed by atoms with Crippen LogP contribution in [-0.4, -0.2) is 41.1 Å². The van der Waals surface area contributed by atoms with Gasteiger partial charge in [-0.25, -0.2) is 0 Å². The van der Waals surface area contributed by atoms with Gasteiger partial charge in [-0.05, 0) is 12.7 Å². The number of hydrogen-bond donors (Lipinski definition) is 0. The van der Waals surface area contributed by atoms with Gasteiger partial charge in [0.2, 0.25) is 11.8 Å². The first-order valence-corrected chi connectivity index (χ1v) is 5.80. The minimum atomic E-state index is -0.210. The van der Waals surface area contributed by atoms with E-state index in [0.717, 1.165) is 6.29 Å². The lowest BCUT2D eigenvalue weighted by Gasteiger charge is -2.12. The van der Waals surface area contributed by atoms with Gasteiger partial charge in [0, 0.05) is 19.4 Å². The zero-order valence-corrected chi connectivity index (χ0v) is 8.88. The minimum Gasteiger partial charge on any atom is -0.303 e. The van der Waals surface area contributed by atoms with Crippen LogP contribution < -0.4 is 0 Å². The molecule has 0 aromatic carbocycles. The summed E-state index contributed by atoms with van der Waals surface area (Å²) < 4.78 is 0. The van der Waals surface area contributed by atoms with E-state index >= 15 is 0 Å². The number of thioether (sulfide) groups is 1. The predicted molar refractivity (Wildman–Crippen MR) is 53.9 cm³/mol. The molecule has 0 N–H and O–H groups in total. The van der Waals surface area contributed by atoms with E-state index in [0.29, 0.717) is 25.8 Å². The highest BCUT2D eigenvalue weighted by molar-refractivity contribution is 8.00. The van der Waals surface area contributed by atoms with Gasteiger partial charge in [-0.3, -0.25) is 14.5 Å². The summed E-state index contributed by atoms with van der Waals surface area (Å²) in [4.78, 5) is 34.2. The van der Waals surface area contributed by atoms with Gasteiger partial charge in [0.05, 0.1) is 5.25 Å².